The van der Waals surface area contributed by atoms with Gasteiger partial charge in [0, 0.05) is 6.42 Å². The van der Waals surface area contributed by atoms with Crippen LogP contribution >= 0.6 is 0 Å². The first-order chi connectivity index (χ1) is 17.4. The summed E-state index contributed by atoms with van der Waals surface area (Å²) in [4.78, 5) is 27.7. The topological polar surface area (TPSA) is 71.4 Å². The highest BCUT2D eigenvalue weighted by Crippen LogP contribution is 2.34. The number of ether oxygens (including phenoxy) is 2. The number of aryl methyl sites for hydroxylation is 2. The third kappa shape index (κ3) is 5.95. The molecule has 0 aliphatic carbocycles. The number of hydrogen-bond donors (Lipinski definition) is 0. The Morgan fingerprint density at radius 3 is 2.33 bits per heavy atom. The molecule has 2 aromatic rings. The Morgan fingerprint density at radius 2 is 1.69 bits per heavy atom. The maximum atomic E-state index is 13.5. The molecule has 0 bridgehead atoms. The van der Waals surface area contributed by atoms with Gasteiger partial charge in [-0.25, -0.2) is 5.01 Å². The van der Waals surface area contributed by atoms with E-state index < -0.39 is 0 Å². The fourth-order valence-corrected chi connectivity index (χ4v) is 4.90. The average Bonchev–Trinajstić information content (AvgIpc) is 3.33. The zero-order valence-corrected chi connectivity index (χ0v) is 21.8. The van der Waals surface area contributed by atoms with Crippen LogP contribution in [0.2, 0.25) is 0 Å². The number of piperidine rings is 1. The molecule has 0 N–H and O–H groups in total. The first kappa shape index (κ1) is 25.9. The first-order valence-corrected chi connectivity index (χ1v) is 13.0. The molecule has 1 amide bonds. The summed E-state index contributed by atoms with van der Waals surface area (Å²) in [5, 5.41) is 6.51. The van der Waals surface area contributed by atoms with Crippen LogP contribution in [0.4, 0.5) is 0 Å². The number of benzene rings is 2. The van der Waals surface area contributed by atoms with Gasteiger partial charge in [0.05, 0.1) is 37.4 Å². The predicted octanol–water partition coefficient (Wildman–Crippen LogP) is 4.65. The Morgan fingerprint density at radius 1 is 0.972 bits per heavy atom. The second kappa shape index (κ2) is 11.7. The number of hydrazone groups is 1. The van der Waals surface area contributed by atoms with E-state index in [1.165, 1.54) is 11.1 Å². The number of carbonyl (C=O) groups excluding carboxylic acids is 2. The van der Waals surface area contributed by atoms with Crippen molar-refractivity contribution in [3.63, 3.8) is 0 Å². The summed E-state index contributed by atoms with van der Waals surface area (Å²) in [5.74, 6) is 0.592. The van der Waals surface area contributed by atoms with Gasteiger partial charge in [-0.2, -0.15) is 5.10 Å². The molecule has 0 saturated carbocycles. The minimum absolute atomic E-state index is 0.0256. The lowest BCUT2D eigenvalue weighted by Gasteiger charge is -2.32. The van der Waals surface area contributed by atoms with Crippen LogP contribution < -0.4 is 4.74 Å². The molecule has 192 valence electrons. The third-order valence-electron chi connectivity index (χ3n) is 7.15. The number of hydrogen-bond acceptors (Lipinski definition) is 6. The molecule has 2 aliphatic heterocycles. The summed E-state index contributed by atoms with van der Waals surface area (Å²) in [6, 6.07) is 14.1. The zero-order chi connectivity index (χ0) is 25.7. The number of carbonyl (C=O) groups is 2. The van der Waals surface area contributed by atoms with Crippen molar-refractivity contribution in [1.82, 2.24) is 9.91 Å². The molecule has 1 saturated heterocycles. The Labute approximate surface area is 214 Å². The SMILES string of the molecule is CCOC(=O)C1CCN(CC(=O)N2N=C(c3ccc(C)c(C)c3)CC2c2ccc(OCC)cc2)CC1. The molecule has 1 atom stereocenters. The van der Waals surface area contributed by atoms with E-state index in [0.717, 1.165) is 22.6 Å². The van der Waals surface area contributed by atoms with E-state index in [9.17, 15) is 9.59 Å². The number of rotatable bonds is 8. The quantitative estimate of drug-likeness (QED) is 0.503. The Bertz CT molecular complexity index is 1100. The first-order valence-electron chi connectivity index (χ1n) is 13.0. The molecule has 2 aromatic carbocycles. The van der Waals surface area contributed by atoms with Crippen molar-refractivity contribution < 1.29 is 19.1 Å². The summed E-state index contributed by atoms with van der Waals surface area (Å²) in [6.45, 7) is 10.7. The smallest absolute Gasteiger partial charge is 0.309 e. The molecular weight excluding hydrogens is 454 g/mol. The van der Waals surface area contributed by atoms with Gasteiger partial charge in [0.25, 0.3) is 5.91 Å². The van der Waals surface area contributed by atoms with E-state index in [1.54, 1.807) is 5.01 Å². The van der Waals surface area contributed by atoms with Gasteiger partial charge in [-0.3, -0.25) is 14.5 Å². The summed E-state index contributed by atoms with van der Waals surface area (Å²) in [6.07, 6.45) is 2.09. The van der Waals surface area contributed by atoms with E-state index in [-0.39, 0.29) is 30.4 Å². The van der Waals surface area contributed by atoms with Gasteiger partial charge in [-0.05, 0) is 94.1 Å². The number of esters is 1. The van der Waals surface area contributed by atoms with E-state index >= 15 is 0 Å². The van der Waals surface area contributed by atoms with Gasteiger partial charge < -0.3 is 9.47 Å². The van der Waals surface area contributed by atoms with Crippen LogP contribution in [0.5, 0.6) is 5.75 Å². The van der Waals surface area contributed by atoms with Crippen molar-refractivity contribution in [1.29, 1.82) is 0 Å². The van der Waals surface area contributed by atoms with Crippen LogP contribution in [0.25, 0.3) is 0 Å². The highest BCUT2D eigenvalue weighted by molar-refractivity contribution is 6.03. The summed E-state index contributed by atoms with van der Waals surface area (Å²) in [5.41, 5.74) is 5.46. The zero-order valence-electron chi connectivity index (χ0n) is 21.8. The van der Waals surface area contributed by atoms with Crippen LogP contribution in [0, 0.1) is 19.8 Å². The number of likely N-dealkylation sites (tertiary alicyclic amines) is 1. The van der Waals surface area contributed by atoms with Crippen molar-refractivity contribution in [3.8, 4) is 5.75 Å². The van der Waals surface area contributed by atoms with E-state index in [0.29, 0.717) is 45.6 Å². The Hall–Kier alpha value is -3.19. The van der Waals surface area contributed by atoms with E-state index in [2.05, 4.69) is 36.9 Å². The summed E-state index contributed by atoms with van der Waals surface area (Å²) >= 11 is 0. The lowest BCUT2D eigenvalue weighted by molar-refractivity contribution is -0.149. The maximum absolute atomic E-state index is 13.5. The minimum Gasteiger partial charge on any atom is -0.494 e. The normalized spacial score (nSPS) is 18.7. The Balaban J connectivity index is 1.51. The van der Waals surface area contributed by atoms with Crippen LogP contribution in [0.15, 0.2) is 47.6 Å². The lowest BCUT2D eigenvalue weighted by Crippen LogP contribution is -2.43. The molecule has 2 heterocycles. The van der Waals surface area contributed by atoms with Crippen molar-refractivity contribution in [2.24, 2.45) is 11.0 Å². The van der Waals surface area contributed by atoms with Gasteiger partial charge in [-0.15, -0.1) is 0 Å². The van der Waals surface area contributed by atoms with Crippen molar-refractivity contribution >= 4 is 17.6 Å². The average molecular weight is 492 g/mol. The molecule has 0 aromatic heterocycles. The monoisotopic (exact) mass is 491 g/mol. The Kier molecular flexibility index (Phi) is 8.41. The lowest BCUT2D eigenvalue weighted by atomic mass is 9.96. The van der Waals surface area contributed by atoms with Crippen molar-refractivity contribution in [2.75, 3.05) is 32.8 Å². The molecule has 36 heavy (non-hydrogen) atoms. The van der Waals surface area contributed by atoms with Gasteiger partial charge >= 0.3 is 5.97 Å². The standard InChI is InChI=1S/C29H37N3O4/c1-5-35-25-11-9-22(10-12-25)27-18-26(24-8-7-20(3)21(4)17-24)30-32(27)28(33)19-31-15-13-23(14-16-31)29(34)36-6-2/h7-12,17,23,27H,5-6,13-16,18-19H2,1-4H3. The minimum atomic E-state index is -0.165. The molecule has 7 nitrogen and oxygen atoms in total. The van der Waals surface area contributed by atoms with Gasteiger partial charge in [0.15, 0.2) is 0 Å². The molecule has 7 heteroatoms. The highest BCUT2D eigenvalue weighted by Gasteiger charge is 2.35. The molecule has 1 unspecified atom stereocenters. The fraction of sp³-hybridized carbons (Fsp3) is 0.483. The second-order valence-corrected chi connectivity index (χ2v) is 9.61. The molecule has 2 aliphatic rings. The van der Waals surface area contributed by atoms with Crippen LogP contribution in [0.1, 0.15) is 61.4 Å². The van der Waals surface area contributed by atoms with Crippen molar-refractivity contribution in [2.45, 2.75) is 53.0 Å². The molecule has 1 fully saturated rings. The van der Waals surface area contributed by atoms with Crippen LogP contribution in [-0.4, -0.2) is 60.3 Å². The van der Waals surface area contributed by atoms with E-state index in [1.807, 2.05) is 38.1 Å². The number of nitrogens with zero attached hydrogens (tertiary/aromatic N) is 3. The van der Waals surface area contributed by atoms with Crippen LogP contribution in [-0.2, 0) is 14.3 Å². The molecule has 4 rings (SSSR count). The fourth-order valence-electron chi connectivity index (χ4n) is 4.90. The van der Waals surface area contributed by atoms with E-state index in [4.69, 9.17) is 14.6 Å². The summed E-state index contributed by atoms with van der Waals surface area (Å²) < 4.78 is 10.8. The van der Waals surface area contributed by atoms with Crippen molar-refractivity contribution in [3.05, 3.63) is 64.7 Å². The molecule has 0 spiro atoms. The van der Waals surface area contributed by atoms with Gasteiger partial charge in [-0.1, -0.05) is 24.3 Å². The summed E-state index contributed by atoms with van der Waals surface area (Å²) in [7, 11) is 0. The highest BCUT2D eigenvalue weighted by atomic mass is 16.5. The maximum Gasteiger partial charge on any atom is 0.309 e. The van der Waals surface area contributed by atoms with Gasteiger partial charge in [0.1, 0.15) is 5.75 Å². The van der Waals surface area contributed by atoms with Crippen LogP contribution in [0.3, 0.4) is 0 Å². The second-order valence-electron chi connectivity index (χ2n) is 9.61. The largest absolute Gasteiger partial charge is 0.494 e. The number of amides is 1. The van der Waals surface area contributed by atoms with Gasteiger partial charge in [0.2, 0.25) is 0 Å². The molecule has 0 radical (unpaired) electrons. The predicted molar refractivity (Wildman–Crippen MR) is 140 cm³/mol. The third-order valence-corrected chi connectivity index (χ3v) is 7.15. The molecular formula is C29H37N3O4.